The first-order valence-electron chi connectivity index (χ1n) is 10.6. The van der Waals surface area contributed by atoms with Crippen LogP contribution in [0.25, 0.3) is 5.65 Å². The van der Waals surface area contributed by atoms with Crippen molar-refractivity contribution in [2.75, 3.05) is 26.2 Å². The van der Waals surface area contributed by atoms with Gasteiger partial charge in [-0.2, -0.15) is 0 Å². The van der Waals surface area contributed by atoms with Crippen LogP contribution in [0.15, 0.2) is 35.3 Å². The number of carbonyl (C=O) groups excluding carboxylic acids is 1. The standard InChI is InChI=1S/C22H28N4O2/c27-21(13-18-12-16-4-5-17(18)11-16)25-9-7-24(8-10-25)15-19-14-22(28)26-6-2-1-3-20(26)23-19/h1-3,6,14,16-18H,4-5,7-13,15H2/t16-,17+,18-/m0/s1. The van der Waals surface area contributed by atoms with E-state index < -0.39 is 0 Å². The van der Waals surface area contributed by atoms with Crippen molar-refractivity contribution in [3.8, 4) is 0 Å². The van der Waals surface area contributed by atoms with Gasteiger partial charge in [0.1, 0.15) is 5.65 Å². The van der Waals surface area contributed by atoms with Crippen molar-refractivity contribution in [3.05, 3.63) is 46.5 Å². The zero-order chi connectivity index (χ0) is 19.1. The number of hydrogen-bond acceptors (Lipinski definition) is 4. The minimum atomic E-state index is -0.0414. The van der Waals surface area contributed by atoms with Crippen molar-refractivity contribution in [3.63, 3.8) is 0 Å². The Morgan fingerprint density at radius 1 is 1.11 bits per heavy atom. The van der Waals surface area contributed by atoms with Crippen LogP contribution in [0.3, 0.4) is 0 Å². The fourth-order valence-corrected chi connectivity index (χ4v) is 5.55. The fourth-order valence-electron chi connectivity index (χ4n) is 5.55. The number of pyridine rings is 1. The molecule has 3 heterocycles. The van der Waals surface area contributed by atoms with Crippen molar-refractivity contribution < 1.29 is 4.79 Å². The summed E-state index contributed by atoms with van der Waals surface area (Å²) in [7, 11) is 0. The molecule has 28 heavy (non-hydrogen) atoms. The van der Waals surface area contributed by atoms with Gasteiger partial charge in [-0.25, -0.2) is 4.98 Å². The number of carbonyl (C=O) groups is 1. The molecule has 2 bridgehead atoms. The van der Waals surface area contributed by atoms with Crippen molar-refractivity contribution in [2.45, 2.75) is 38.6 Å². The van der Waals surface area contributed by atoms with Crippen molar-refractivity contribution in [2.24, 2.45) is 17.8 Å². The van der Waals surface area contributed by atoms with Crippen LogP contribution in [0.1, 0.15) is 37.8 Å². The van der Waals surface area contributed by atoms with E-state index in [1.807, 2.05) is 23.1 Å². The monoisotopic (exact) mass is 380 g/mol. The Kier molecular flexibility index (Phi) is 4.67. The maximum atomic E-state index is 12.7. The van der Waals surface area contributed by atoms with Gasteiger partial charge in [-0.05, 0) is 49.1 Å². The molecule has 6 heteroatoms. The molecule has 0 radical (unpaired) electrons. The lowest BCUT2D eigenvalue weighted by Gasteiger charge is -2.35. The Morgan fingerprint density at radius 2 is 1.96 bits per heavy atom. The lowest BCUT2D eigenvalue weighted by molar-refractivity contribution is -0.134. The number of hydrogen-bond donors (Lipinski definition) is 0. The molecule has 3 aliphatic rings. The van der Waals surface area contributed by atoms with Crippen LogP contribution in [0.2, 0.25) is 0 Å². The molecule has 2 aromatic rings. The van der Waals surface area contributed by atoms with Gasteiger partial charge in [-0.15, -0.1) is 0 Å². The highest BCUT2D eigenvalue weighted by molar-refractivity contribution is 5.76. The maximum Gasteiger partial charge on any atom is 0.258 e. The second-order valence-corrected chi connectivity index (χ2v) is 8.81. The van der Waals surface area contributed by atoms with Crippen LogP contribution < -0.4 is 5.56 Å². The molecule has 2 saturated carbocycles. The van der Waals surface area contributed by atoms with Gasteiger partial charge in [0.2, 0.25) is 5.91 Å². The van der Waals surface area contributed by atoms with Crippen LogP contribution in [0.4, 0.5) is 0 Å². The lowest BCUT2D eigenvalue weighted by atomic mass is 9.86. The summed E-state index contributed by atoms with van der Waals surface area (Å²) in [6.07, 6.45) is 7.87. The third kappa shape index (κ3) is 3.46. The number of nitrogens with zero attached hydrogens (tertiary/aromatic N) is 4. The van der Waals surface area contributed by atoms with Crippen molar-refractivity contribution in [1.29, 1.82) is 0 Å². The first-order chi connectivity index (χ1) is 13.7. The molecule has 3 atom stereocenters. The predicted octanol–water partition coefficient (Wildman–Crippen LogP) is 2.17. The summed E-state index contributed by atoms with van der Waals surface area (Å²) in [5.74, 6) is 2.70. The van der Waals surface area contributed by atoms with E-state index >= 15 is 0 Å². The average Bonchev–Trinajstić information content (AvgIpc) is 3.32. The maximum absolute atomic E-state index is 12.7. The van der Waals surface area contributed by atoms with Crippen molar-refractivity contribution >= 4 is 11.6 Å². The number of piperazine rings is 1. The minimum absolute atomic E-state index is 0.0414. The van der Waals surface area contributed by atoms with Gasteiger partial charge >= 0.3 is 0 Å². The van der Waals surface area contributed by atoms with Crippen LogP contribution in [0, 0.1) is 17.8 Å². The third-order valence-corrected chi connectivity index (χ3v) is 7.06. The Labute approximate surface area is 165 Å². The molecule has 3 fully saturated rings. The van der Waals surface area contributed by atoms with Crippen LogP contribution in [-0.4, -0.2) is 51.3 Å². The van der Waals surface area contributed by atoms with Crippen molar-refractivity contribution in [1.82, 2.24) is 19.2 Å². The molecule has 0 unspecified atom stereocenters. The summed E-state index contributed by atoms with van der Waals surface area (Å²) >= 11 is 0. The van der Waals surface area contributed by atoms with Gasteiger partial charge in [0, 0.05) is 51.4 Å². The van der Waals surface area contributed by atoms with Gasteiger partial charge in [0.05, 0.1) is 5.69 Å². The summed E-state index contributed by atoms with van der Waals surface area (Å²) in [6.45, 7) is 3.92. The Bertz CT molecular complexity index is 932. The van der Waals surface area contributed by atoms with Gasteiger partial charge in [0.25, 0.3) is 5.56 Å². The van der Waals surface area contributed by atoms with Gasteiger partial charge in [-0.3, -0.25) is 18.9 Å². The summed E-state index contributed by atoms with van der Waals surface area (Å²) in [4.78, 5) is 33.9. The van der Waals surface area contributed by atoms with Gasteiger partial charge in [0.15, 0.2) is 0 Å². The smallest absolute Gasteiger partial charge is 0.258 e. The molecule has 5 rings (SSSR count). The normalized spacial score (nSPS) is 27.6. The van der Waals surface area contributed by atoms with E-state index in [2.05, 4.69) is 9.88 Å². The van der Waals surface area contributed by atoms with E-state index in [9.17, 15) is 9.59 Å². The largest absolute Gasteiger partial charge is 0.340 e. The molecular formula is C22H28N4O2. The second-order valence-electron chi connectivity index (χ2n) is 8.81. The molecule has 1 amide bonds. The predicted molar refractivity (Wildman–Crippen MR) is 107 cm³/mol. The lowest BCUT2D eigenvalue weighted by Crippen LogP contribution is -2.48. The minimum Gasteiger partial charge on any atom is -0.340 e. The van der Waals surface area contributed by atoms with Gasteiger partial charge in [-0.1, -0.05) is 12.5 Å². The molecule has 2 aliphatic carbocycles. The van der Waals surface area contributed by atoms with Crippen LogP contribution in [0.5, 0.6) is 0 Å². The Balaban J connectivity index is 1.16. The molecule has 1 aliphatic heterocycles. The summed E-state index contributed by atoms with van der Waals surface area (Å²) in [5.41, 5.74) is 1.45. The first-order valence-corrected chi connectivity index (χ1v) is 10.6. The van der Waals surface area contributed by atoms with E-state index in [-0.39, 0.29) is 5.56 Å². The number of rotatable bonds is 4. The quantitative estimate of drug-likeness (QED) is 0.816. The zero-order valence-electron chi connectivity index (χ0n) is 16.3. The topological polar surface area (TPSA) is 57.9 Å². The van der Waals surface area contributed by atoms with E-state index in [1.54, 1.807) is 16.7 Å². The Morgan fingerprint density at radius 3 is 2.71 bits per heavy atom. The summed E-state index contributed by atoms with van der Waals surface area (Å²) in [6, 6.07) is 7.21. The molecule has 0 spiro atoms. The highest BCUT2D eigenvalue weighted by Gasteiger charge is 2.40. The molecule has 1 saturated heterocycles. The molecular weight excluding hydrogens is 352 g/mol. The first kappa shape index (κ1) is 17.9. The summed E-state index contributed by atoms with van der Waals surface area (Å²) in [5, 5.41) is 0. The van der Waals surface area contributed by atoms with Gasteiger partial charge < -0.3 is 4.90 Å². The molecule has 6 nitrogen and oxygen atoms in total. The Hall–Kier alpha value is -2.21. The average molecular weight is 380 g/mol. The van der Waals surface area contributed by atoms with Crippen LogP contribution >= 0.6 is 0 Å². The van der Waals surface area contributed by atoms with E-state index in [4.69, 9.17) is 0 Å². The highest BCUT2D eigenvalue weighted by atomic mass is 16.2. The molecule has 0 N–H and O–H groups in total. The van der Waals surface area contributed by atoms with E-state index in [0.29, 0.717) is 24.0 Å². The summed E-state index contributed by atoms with van der Waals surface area (Å²) < 4.78 is 1.57. The van der Waals surface area contributed by atoms with E-state index in [0.717, 1.165) is 50.1 Å². The SMILES string of the molecule is O=C(C[C@@H]1C[C@H]2CC[C@@H]1C2)N1CCN(Cc2cc(=O)n3ccccc3n2)CC1. The number of fused-ring (bicyclic) bond motifs is 3. The molecule has 0 aromatic carbocycles. The highest BCUT2D eigenvalue weighted by Crippen LogP contribution is 2.49. The van der Waals surface area contributed by atoms with E-state index in [1.165, 1.54) is 25.7 Å². The number of amides is 1. The zero-order valence-corrected chi connectivity index (χ0v) is 16.3. The fraction of sp³-hybridized carbons (Fsp3) is 0.591. The van der Waals surface area contributed by atoms with Crippen LogP contribution in [-0.2, 0) is 11.3 Å². The molecule has 2 aromatic heterocycles. The second kappa shape index (κ2) is 7.32. The third-order valence-electron chi connectivity index (χ3n) is 7.06. The molecule has 148 valence electrons. The number of aromatic nitrogens is 2.